The number of amides is 2. The van der Waals surface area contributed by atoms with Crippen molar-refractivity contribution in [2.45, 2.75) is 38.6 Å². The molecule has 1 aliphatic rings. The van der Waals surface area contributed by atoms with Crippen LogP contribution in [0.15, 0.2) is 48.7 Å². The summed E-state index contributed by atoms with van der Waals surface area (Å²) in [6, 6.07) is 13.8. The largest absolute Gasteiger partial charge is 0.349 e. The molecule has 4 rings (SSSR count). The minimum Gasteiger partial charge on any atom is -0.349 e. The van der Waals surface area contributed by atoms with Crippen LogP contribution in [0.1, 0.15) is 40.9 Å². The van der Waals surface area contributed by atoms with Gasteiger partial charge in [0.1, 0.15) is 11.5 Å². The van der Waals surface area contributed by atoms with Gasteiger partial charge in [0, 0.05) is 25.7 Å². The third-order valence-electron chi connectivity index (χ3n) is 6.24. The lowest BCUT2D eigenvalue weighted by Gasteiger charge is -2.29. The second-order valence-electron chi connectivity index (χ2n) is 8.66. The number of nitrogens with zero attached hydrogens (tertiary/aromatic N) is 4. The molecule has 0 radical (unpaired) electrons. The van der Waals surface area contributed by atoms with Crippen molar-refractivity contribution in [3.63, 3.8) is 0 Å². The highest BCUT2D eigenvalue weighted by Gasteiger charge is 2.22. The van der Waals surface area contributed by atoms with Gasteiger partial charge in [-0.3, -0.25) is 18.9 Å². The van der Waals surface area contributed by atoms with Gasteiger partial charge in [0.15, 0.2) is 0 Å². The Morgan fingerprint density at radius 2 is 1.84 bits per heavy atom. The van der Waals surface area contributed by atoms with Crippen molar-refractivity contribution in [2.75, 3.05) is 32.1 Å². The number of fused-ring (bicyclic) bond motifs is 1. The maximum atomic E-state index is 12.9. The van der Waals surface area contributed by atoms with E-state index in [0.717, 1.165) is 42.8 Å². The molecular weight excluding hydrogens is 402 g/mol. The summed E-state index contributed by atoms with van der Waals surface area (Å²) in [5.74, 6) is 0.628. The lowest BCUT2D eigenvalue weighted by molar-refractivity contribution is -0.118. The highest BCUT2D eigenvalue weighted by atomic mass is 16.2. The van der Waals surface area contributed by atoms with E-state index in [9.17, 15) is 9.59 Å². The van der Waals surface area contributed by atoms with E-state index >= 15 is 0 Å². The number of aromatic nitrogens is 2. The zero-order valence-electron chi connectivity index (χ0n) is 19.0. The van der Waals surface area contributed by atoms with Gasteiger partial charge in [-0.1, -0.05) is 30.3 Å². The predicted molar refractivity (Wildman–Crippen MR) is 126 cm³/mol. The van der Waals surface area contributed by atoms with Gasteiger partial charge < -0.3 is 10.2 Å². The Labute approximate surface area is 189 Å². The Bertz CT molecular complexity index is 1100. The van der Waals surface area contributed by atoms with E-state index in [1.54, 1.807) is 24.2 Å². The van der Waals surface area contributed by atoms with Gasteiger partial charge >= 0.3 is 0 Å². The van der Waals surface area contributed by atoms with Crippen LogP contribution in [0.3, 0.4) is 0 Å². The van der Waals surface area contributed by atoms with Crippen LogP contribution in [-0.2, 0) is 11.2 Å². The second-order valence-corrected chi connectivity index (χ2v) is 8.66. The number of piperidine rings is 1. The number of hydrogen-bond donors (Lipinski definition) is 1. The molecule has 0 atom stereocenters. The van der Waals surface area contributed by atoms with Crippen molar-refractivity contribution in [3.05, 3.63) is 65.5 Å². The smallest absolute Gasteiger partial charge is 0.252 e. The molecule has 0 saturated carbocycles. The number of rotatable bonds is 6. The molecule has 3 heterocycles. The molecule has 168 valence electrons. The van der Waals surface area contributed by atoms with Gasteiger partial charge in [-0.2, -0.15) is 0 Å². The first-order chi connectivity index (χ1) is 15.4. The van der Waals surface area contributed by atoms with Crippen LogP contribution in [0.5, 0.6) is 0 Å². The molecular formula is C25H31N5O2. The van der Waals surface area contributed by atoms with Crippen molar-refractivity contribution in [3.8, 4) is 0 Å². The van der Waals surface area contributed by atoms with Crippen LogP contribution in [-0.4, -0.2) is 59.3 Å². The zero-order valence-corrected chi connectivity index (χ0v) is 19.0. The first-order valence-corrected chi connectivity index (χ1v) is 11.2. The number of carbonyl (C=O) groups excluding carboxylic acids is 2. The van der Waals surface area contributed by atoms with Gasteiger partial charge in [-0.25, -0.2) is 4.98 Å². The quantitative estimate of drug-likeness (QED) is 0.649. The standard InChI is InChI=1S/C25H31N5O2/c1-18-25(29(3)23(31)12-9-19-7-5-4-6-8-19)30-17-20(10-11-22(30)26-18)24(32)27-21-13-15-28(2)16-14-21/h4-8,10-11,17,21H,9,12-16H2,1-3H3,(H,27,32). The normalized spacial score (nSPS) is 15.1. The average Bonchev–Trinajstić information content (AvgIpc) is 3.14. The van der Waals surface area contributed by atoms with Gasteiger partial charge in [-0.15, -0.1) is 0 Å². The van der Waals surface area contributed by atoms with Gasteiger partial charge in [0.2, 0.25) is 5.91 Å². The van der Waals surface area contributed by atoms with Gasteiger partial charge in [0.25, 0.3) is 5.91 Å². The van der Waals surface area contributed by atoms with E-state index in [4.69, 9.17) is 0 Å². The fourth-order valence-electron chi connectivity index (χ4n) is 4.29. The minimum atomic E-state index is -0.0863. The topological polar surface area (TPSA) is 70.0 Å². The number of nitrogens with one attached hydrogen (secondary N) is 1. The number of aryl methyl sites for hydroxylation is 2. The van der Waals surface area contributed by atoms with Gasteiger partial charge in [0.05, 0.1) is 11.3 Å². The molecule has 2 aromatic heterocycles. The number of pyridine rings is 1. The van der Waals surface area contributed by atoms with Crippen LogP contribution in [0.2, 0.25) is 0 Å². The van der Waals surface area contributed by atoms with Crippen molar-refractivity contribution in [1.82, 2.24) is 19.6 Å². The van der Waals surface area contributed by atoms with Crippen LogP contribution >= 0.6 is 0 Å². The first kappa shape index (κ1) is 22.0. The summed E-state index contributed by atoms with van der Waals surface area (Å²) < 4.78 is 1.85. The summed E-state index contributed by atoms with van der Waals surface area (Å²) in [5, 5.41) is 3.16. The summed E-state index contributed by atoms with van der Waals surface area (Å²) in [5.41, 5.74) is 3.18. The molecule has 0 aliphatic carbocycles. The van der Waals surface area contributed by atoms with E-state index in [1.807, 2.05) is 47.7 Å². The number of likely N-dealkylation sites (tertiary alicyclic amines) is 1. The summed E-state index contributed by atoms with van der Waals surface area (Å²) in [6.07, 6.45) is 4.79. The van der Waals surface area contributed by atoms with Crippen molar-refractivity contribution >= 4 is 23.3 Å². The molecule has 1 fully saturated rings. The Morgan fingerprint density at radius 3 is 2.56 bits per heavy atom. The van der Waals surface area contributed by atoms with Crippen molar-refractivity contribution in [2.24, 2.45) is 0 Å². The fourth-order valence-corrected chi connectivity index (χ4v) is 4.29. The third-order valence-corrected chi connectivity index (χ3v) is 6.24. The molecule has 7 heteroatoms. The van der Waals surface area contributed by atoms with Crippen LogP contribution in [0, 0.1) is 6.92 Å². The zero-order chi connectivity index (χ0) is 22.7. The minimum absolute atomic E-state index is 0.0138. The number of carbonyl (C=O) groups is 2. The molecule has 2 amide bonds. The maximum absolute atomic E-state index is 12.9. The van der Waals surface area contributed by atoms with Crippen LogP contribution in [0.25, 0.3) is 5.65 Å². The summed E-state index contributed by atoms with van der Waals surface area (Å²) in [4.78, 5) is 34.3. The summed E-state index contributed by atoms with van der Waals surface area (Å²) in [7, 11) is 3.88. The Balaban J connectivity index is 1.50. The Kier molecular flexibility index (Phi) is 6.55. The predicted octanol–water partition coefficient (Wildman–Crippen LogP) is 3.06. The first-order valence-electron chi connectivity index (χ1n) is 11.2. The van der Waals surface area contributed by atoms with Gasteiger partial charge in [-0.05, 0) is 64.0 Å². The molecule has 1 N–H and O–H groups in total. The SMILES string of the molecule is Cc1nc2ccc(C(=O)NC3CCN(C)CC3)cn2c1N(C)C(=O)CCc1ccccc1. The van der Waals surface area contributed by atoms with E-state index in [-0.39, 0.29) is 17.9 Å². The van der Waals surface area contributed by atoms with E-state index in [1.165, 1.54) is 0 Å². The van der Waals surface area contributed by atoms with E-state index < -0.39 is 0 Å². The molecule has 0 spiro atoms. The third kappa shape index (κ3) is 4.83. The maximum Gasteiger partial charge on any atom is 0.252 e. The Morgan fingerprint density at radius 1 is 1.12 bits per heavy atom. The fraction of sp³-hybridized carbons (Fsp3) is 0.400. The molecule has 1 aromatic carbocycles. The Hall–Kier alpha value is -3.19. The molecule has 0 unspecified atom stereocenters. The van der Waals surface area contributed by atoms with Crippen LogP contribution < -0.4 is 10.2 Å². The number of benzene rings is 1. The number of anilines is 1. The number of imidazole rings is 1. The lowest BCUT2D eigenvalue weighted by Crippen LogP contribution is -2.43. The van der Waals surface area contributed by atoms with Crippen LogP contribution in [0.4, 0.5) is 5.82 Å². The number of hydrogen-bond acceptors (Lipinski definition) is 4. The van der Waals surface area contributed by atoms with E-state index in [0.29, 0.717) is 24.2 Å². The average molecular weight is 434 g/mol. The molecule has 1 saturated heterocycles. The monoisotopic (exact) mass is 433 g/mol. The summed E-state index contributed by atoms with van der Waals surface area (Å²) in [6.45, 7) is 3.87. The molecule has 7 nitrogen and oxygen atoms in total. The molecule has 1 aliphatic heterocycles. The second kappa shape index (κ2) is 9.53. The van der Waals surface area contributed by atoms with Crippen molar-refractivity contribution in [1.29, 1.82) is 0 Å². The molecule has 32 heavy (non-hydrogen) atoms. The molecule has 3 aromatic rings. The summed E-state index contributed by atoms with van der Waals surface area (Å²) >= 11 is 0. The van der Waals surface area contributed by atoms with E-state index in [2.05, 4.69) is 22.2 Å². The lowest BCUT2D eigenvalue weighted by atomic mass is 10.1. The molecule has 0 bridgehead atoms. The highest BCUT2D eigenvalue weighted by molar-refractivity contribution is 5.95. The van der Waals surface area contributed by atoms with Crippen molar-refractivity contribution < 1.29 is 9.59 Å². The highest BCUT2D eigenvalue weighted by Crippen LogP contribution is 2.23.